The summed E-state index contributed by atoms with van der Waals surface area (Å²) in [7, 11) is 1.77. The summed E-state index contributed by atoms with van der Waals surface area (Å²) >= 11 is 0. The molecule has 0 bridgehead atoms. The molecule has 1 aromatic heterocycles. The summed E-state index contributed by atoms with van der Waals surface area (Å²) < 4.78 is 5.60. The number of hydrogen-bond donors (Lipinski definition) is 1. The lowest BCUT2D eigenvalue weighted by Gasteiger charge is -2.45. The molecule has 1 aromatic rings. The lowest BCUT2D eigenvalue weighted by molar-refractivity contribution is -0.0898. The minimum atomic E-state index is -0.0922. The van der Waals surface area contributed by atoms with Gasteiger partial charge in [0.05, 0.1) is 5.60 Å². The van der Waals surface area contributed by atoms with Crippen LogP contribution in [0.1, 0.15) is 37.4 Å². The Kier molecular flexibility index (Phi) is 3.79. The first-order chi connectivity index (χ1) is 8.20. The van der Waals surface area contributed by atoms with Crippen molar-refractivity contribution in [2.24, 2.45) is 5.73 Å². The Bertz CT molecular complexity index is 351. The van der Waals surface area contributed by atoms with Gasteiger partial charge in [-0.1, -0.05) is 13.0 Å². The van der Waals surface area contributed by atoms with E-state index >= 15 is 0 Å². The molecule has 0 saturated heterocycles. The van der Waals surface area contributed by atoms with E-state index in [0.717, 1.165) is 31.4 Å². The fraction of sp³-hybridized carbons (Fsp3) is 0.643. The van der Waals surface area contributed by atoms with Gasteiger partial charge in [0.1, 0.15) is 0 Å². The highest BCUT2D eigenvalue weighted by atomic mass is 16.5. The van der Waals surface area contributed by atoms with Crippen molar-refractivity contribution in [2.75, 3.05) is 7.11 Å². The Morgan fingerprint density at radius 3 is 2.65 bits per heavy atom. The molecule has 1 heterocycles. The van der Waals surface area contributed by atoms with Gasteiger partial charge in [-0.2, -0.15) is 0 Å². The maximum atomic E-state index is 6.26. The van der Waals surface area contributed by atoms with Gasteiger partial charge in [0.25, 0.3) is 0 Å². The number of methoxy groups -OCH3 is 1. The third kappa shape index (κ3) is 2.50. The van der Waals surface area contributed by atoms with Crippen LogP contribution in [-0.2, 0) is 17.6 Å². The number of aryl methyl sites for hydroxylation is 1. The van der Waals surface area contributed by atoms with E-state index in [2.05, 4.69) is 24.0 Å². The topological polar surface area (TPSA) is 48.1 Å². The van der Waals surface area contributed by atoms with Gasteiger partial charge in [-0.3, -0.25) is 4.98 Å². The molecule has 0 radical (unpaired) electrons. The predicted octanol–water partition coefficient (Wildman–Crippen LogP) is 2.08. The molecular weight excluding hydrogens is 212 g/mol. The monoisotopic (exact) mass is 234 g/mol. The number of aromatic nitrogens is 1. The lowest BCUT2D eigenvalue weighted by Crippen LogP contribution is -2.55. The van der Waals surface area contributed by atoms with Crippen molar-refractivity contribution in [2.45, 2.75) is 50.7 Å². The molecule has 0 aromatic carbocycles. The minimum absolute atomic E-state index is 0.0567. The molecule has 3 nitrogen and oxygen atoms in total. The third-order valence-electron chi connectivity index (χ3n) is 4.01. The van der Waals surface area contributed by atoms with Crippen LogP contribution < -0.4 is 5.73 Å². The molecular formula is C14H22N2O. The van der Waals surface area contributed by atoms with Crippen LogP contribution in [0.5, 0.6) is 0 Å². The van der Waals surface area contributed by atoms with Gasteiger partial charge in [-0.05, 0) is 37.3 Å². The summed E-state index contributed by atoms with van der Waals surface area (Å²) in [5.41, 5.74) is 8.51. The molecule has 0 aliphatic heterocycles. The van der Waals surface area contributed by atoms with Gasteiger partial charge < -0.3 is 10.5 Å². The molecule has 1 unspecified atom stereocenters. The van der Waals surface area contributed by atoms with Gasteiger partial charge in [-0.25, -0.2) is 0 Å². The molecule has 1 atom stereocenters. The summed E-state index contributed by atoms with van der Waals surface area (Å²) in [6, 6.07) is 4.27. The van der Waals surface area contributed by atoms with E-state index in [1.54, 1.807) is 7.11 Å². The molecule has 2 N–H and O–H groups in total. The quantitative estimate of drug-likeness (QED) is 0.848. The largest absolute Gasteiger partial charge is 0.377 e. The summed E-state index contributed by atoms with van der Waals surface area (Å²) in [5, 5.41) is 0. The van der Waals surface area contributed by atoms with Crippen LogP contribution in [0.4, 0.5) is 0 Å². The number of pyridine rings is 1. The Hall–Kier alpha value is -0.930. The number of rotatable bonds is 5. The average Bonchev–Trinajstić information content (AvgIpc) is 2.29. The van der Waals surface area contributed by atoms with Crippen molar-refractivity contribution in [1.29, 1.82) is 0 Å². The van der Waals surface area contributed by atoms with Crippen molar-refractivity contribution < 1.29 is 4.74 Å². The molecule has 94 valence electrons. The van der Waals surface area contributed by atoms with Crippen molar-refractivity contribution in [3.05, 3.63) is 29.6 Å². The molecule has 1 fully saturated rings. The third-order valence-corrected chi connectivity index (χ3v) is 4.01. The highest BCUT2D eigenvalue weighted by Crippen LogP contribution is 2.38. The Labute approximate surface area is 103 Å². The first-order valence-corrected chi connectivity index (χ1v) is 6.45. The zero-order chi connectivity index (χ0) is 12.3. The van der Waals surface area contributed by atoms with E-state index in [1.807, 2.05) is 6.20 Å². The second-order valence-corrected chi connectivity index (χ2v) is 4.94. The predicted molar refractivity (Wildman–Crippen MR) is 68.9 cm³/mol. The average molecular weight is 234 g/mol. The highest BCUT2D eigenvalue weighted by molar-refractivity contribution is 5.16. The first-order valence-electron chi connectivity index (χ1n) is 6.45. The van der Waals surface area contributed by atoms with E-state index in [9.17, 15) is 0 Å². The summed E-state index contributed by atoms with van der Waals surface area (Å²) in [6.45, 7) is 2.14. The number of nitrogens with zero attached hydrogens (tertiary/aromatic N) is 1. The zero-order valence-corrected chi connectivity index (χ0v) is 10.8. The van der Waals surface area contributed by atoms with Crippen LogP contribution in [0.3, 0.4) is 0 Å². The van der Waals surface area contributed by atoms with Crippen LogP contribution in [0.2, 0.25) is 0 Å². The van der Waals surface area contributed by atoms with E-state index in [-0.39, 0.29) is 11.6 Å². The molecule has 0 amide bonds. The molecule has 0 spiro atoms. The van der Waals surface area contributed by atoms with E-state index < -0.39 is 0 Å². The molecule has 2 rings (SSSR count). The molecule has 3 heteroatoms. The highest BCUT2D eigenvalue weighted by Gasteiger charge is 2.42. The van der Waals surface area contributed by atoms with Crippen LogP contribution in [0.25, 0.3) is 0 Å². The summed E-state index contributed by atoms with van der Waals surface area (Å²) in [5.74, 6) is 0. The number of hydrogen-bond acceptors (Lipinski definition) is 3. The second kappa shape index (κ2) is 5.15. The van der Waals surface area contributed by atoms with E-state index in [4.69, 9.17) is 10.5 Å². The van der Waals surface area contributed by atoms with Crippen molar-refractivity contribution in [3.63, 3.8) is 0 Å². The standard InChI is InChI=1S/C14H22N2O/c1-3-11-5-6-12(16-10-11)9-13(15)14(17-2)7-4-8-14/h5-6,10,13H,3-4,7-9,15H2,1-2H3. The maximum Gasteiger partial charge on any atom is 0.0832 e. The van der Waals surface area contributed by atoms with Crippen molar-refractivity contribution in [3.8, 4) is 0 Å². The summed E-state index contributed by atoms with van der Waals surface area (Å²) in [4.78, 5) is 4.46. The molecule has 17 heavy (non-hydrogen) atoms. The van der Waals surface area contributed by atoms with Gasteiger partial charge in [-0.15, -0.1) is 0 Å². The Morgan fingerprint density at radius 2 is 2.24 bits per heavy atom. The zero-order valence-electron chi connectivity index (χ0n) is 10.8. The Balaban J connectivity index is 1.99. The fourth-order valence-electron chi connectivity index (χ4n) is 2.45. The number of ether oxygens (including phenoxy) is 1. The van der Waals surface area contributed by atoms with E-state index in [0.29, 0.717) is 0 Å². The minimum Gasteiger partial charge on any atom is -0.377 e. The van der Waals surface area contributed by atoms with Gasteiger partial charge in [0.2, 0.25) is 0 Å². The SMILES string of the molecule is CCc1ccc(CC(N)C2(OC)CCC2)nc1. The number of nitrogens with two attached hydrogens (primary N) is 1. The molecule has 1 aliphatic rings. The van der Waals surface area contributed by atoms with Gasteiger partial charge >= 0.3 is 0 Å². The lowest BCUT2D eigenvalue weighted by atomic mass is 9.73. The summed E-state index contributed by atoms with van der Waals surface area (Å²) in [6.07, 6.45) is 7.17. The first kappa shape index (κ1) is 12.5. The van der Waals surface area contributed by atoms with Crippen molar-refractivity contribution in [1.82, 2.24) is 4.98 Å². The van der Waals surface area contributed by atoms with Crippen LogP contribution in [0, 0.1) is 0 Å². The Morgan fingerprint density at radius 1 is 1.47 bits per heavy atom. The smallest absolute Gasteiger partial charge is 0.0832 e. The van der Waals surface area contributed by atoms with E-state index in [1.165, 1.54) is 12.0 Å². The maximum absolute atomic E-state index is 6.26. The van der Waals surface area contributed by atoms with Crippen LogP contribution in [-0.4, -0.2) is 23.7 Å². The fourth-order valence-corrected chi connectivity index (χ4v) is 2.45. The molecule has 1 saturated carbocycles. The van der Waals surface area contributed by atoms with Crippen LogP contribution >= 0.6 is 0 Å². The van der Waals surface area contributed by atoms with Crippen molar-refractivity contribution >= 4 is 0 Å². The molecule has 1 aliphatic carbocycles. The van der Waals surface area contributed by atoms with Crippen LogP contribution in [0.15, 0.2) is 18.3 Å². The second-order valence-electron chi connectivity index (χ2n) is 4.94. The normalized spacial score (nSPS) is 19.7. The van der Waals surface area contributed by atoms with Gasteiger partial charge in [0.15, 0.2) is 0 Å². The van der Waals surface area contributed by atoms with Gasteiger partial charge in [0, 0.05) is 31.5 Å².